The largest absolute Gasteiger partial charge is 0.399 e. The van der Waals surface area contributed by atoms with E-state index in [9.17, 15) is 4.21 Å². The first kappa shape index (κ1) is 15.0. The van der Waals surface area contributed by atoms with Crippen LogP contribution in [0.3, 0.4) is 0 Å². The fraction of sp³-hybridized carbons (Fsp3) is 0.538. The summed E-state index contributed by atoms with van der Waals surface area (Å²) in [5.41, 5.74) is 6.34. The lowest BCUT2D eigenvalue weighted by atomic mass is 10.3. The summed E-state index contributed by atoms with van der Waals surface area (Å²) in [6.07, 6.45) is 1.84. The van der Waals surface area contributed by atoms with Gasteiger partial charge in [-0.05, 0) is 37.1 Å². The molecule has 0 saturated heterocycles. The molecule has 0 aliphatic heterocycles. The summed E-state index contributed by atoms with van der Waals surface area (Å²) in [7, 11) is -0.622. The van der Waals surface area contributed by atoms with Crippen LogP contribution >= 0.6 is 0 Å². The highest BCUT2D eigenvalue weighted by atomic mass is 32.2. The third kappa shape index (κ3) is 3.46. The summed E-state index contributed by atoms with van der Waals surface area (Å²) < 4.78 is 19.3. The Morgan fingerprint density at radius 2 is 1.83 bits per heavy atom. The average molecular weight is 269 g/mol. The number of rotatable bonds is 6. The minimum Gasteiger partial charge on any atom is -0.399 e. The molecule has 0 radical (unpaired) electrons. The molecule has 1 unspecified atom stereocenters. The zero-order valence-electron chi connectivity index (χ0n) is 11.4. The molecule has 0 aliphatic rings. The van der Waals surface area contributed by atoms with E-state index in [1.165, 1.54) is 0 Å². The highest BCUT2D eigenvalue weighted by Gasteiger charge is 2.17. The summed E-state index contributed by atoms with van der Waals surface area (Å²) >= 11 is 0. The summed E-state index contributed by atoms with van der Waals surface area (Å²) in [5.74, 6) is 0. The van der Waals surface area contributed by atoms with Gasteiger partial charge in [-0.15, -0.1) is 0 Å². The van der Waals surface area contributed by atoms with Gasteiger partial charge in [-0.2, -0.15) is 0 Å². The van der Waals surface area contributed by atoms with Crippen LogP contribution < -0.4 is 5.73 Å². The predicted octanol–water partition coefficient (Wildman–Crippen LogP) is 2.76. The van der Waals surface area contributed by atoms with Crippen LogP contribution in [0.15, 0.2) is 33.5 Å². The van der Waals surface area contributed by atoms with Crippen molar-refractivity contribution < 1.29 is 4.21 Å². The molecule has 0 aromatic heterocycles. The summed E-state index contributed by atoms with van der Waals surface area (Å²) in [6, 6.07) is 7.17. The molecule has 102 valence electrons. The Hall–Kier alpha value is -1.07. The van der Waals surface area contributed by atoms with Gasteiger partial charge in [0.25, 0.3) is 0 Å². The van der Waals surface area contributed by atoms with Crippen LogP contribution in [-0.2, 0) is 9.92 Å². The van der Waals surface area contributed by atoms with Gasteiger partial charge in [0.05, 0.1) is 4.90 Å². The Bertz CT molecular complexity index is 476. The average Bonchev–Trinajstić information content (AvgIpc) is 2.37. The number of nitrogen functional groups attached to an aromatic ring is 1. The van der Waals surface area contributed by atoms with Crippen molar-refractivity contribution >= 4 is 15.6 Å². The van der Waals surface area contributed by atoms with Crippen LogP contribution in [0.5, 0.6) is 0 Å². The van der Waals surface area contributed by atoms with Gasteiger partial charge in [0.2, 0.25) is 0 Å². The number of anilines is 1. The molecular weight excluding hydrogens is 246 g/mol. The van der Waals surface area contributed by atoms with Crippen molar-refractivity contribution in [2.45, 2.75) is 31.6 Å². The molecule has 0 saturated carbocycles. The molecule has 4 nitrogen and oxygen atoms in total. The molecular formula is C13H23N3OS. The van der Waals surface area contributed by atoms with Crippen molar-refractivity contribution in [2.75, 3.05) is 25.9 Å². The van der Waals surface area contributed by atoms with E-state index in [-0.39, 0.29) is 0 Å². The second kappa shape index (κ2) is 6.75. The molecule has 1 aromatic carbocycles. The Balaban J connectivity index is 3.20. The van der Waals surface area contributed by atoms with Gasteiger partial charge in [0.1, 0.15) is 9.92 Å². The first-order valence-corrected chi connectivity index (χ1v) is 7.81. The second-order valence-corrected chi connectivity index (χ2v) is 6.62. The monoisotopic (exact) mass is 269 g/mol. The van der Waals surface area contributed by atoms with E-state index in [4.69, 9.17) is 5.73 Å². The zero-order valence-corrected chi connectivity index (χ0v) is 12.2. The minimum absolute atomic E-state index is 0.608. The fourth-order valence-corrected chi connectivity index (χ4v) is 3.71. The maximum absolute atomic E-state index is 13.1. The quantitative estimate of drug-likeness (QED) is 0.807. The lowest BCUT2D eigenvalue weighted by molar-refractivity contribution is 0.509. The van der Waals surface area contributed by atoms with Crippen LogP contribution in [0.1, 0.15) is 26.7 Å². The zero-order chi connectivity index (χ0) is 13.6. The standard InChI is InChI=1S/C13H23N3OS/c1-4-10-15-18(17,16(3)11-5-2)13-8-6-12(14)7-9-13/h6-9H,4-5,10-11,14H2,1-3H3. The lowest BCUT2D eigenvalue weighted by Gasteiger charge is -2.21. The van der Waals surface area contributed by atoms with Gasteiger partial charge in [0, 0.05) is 25.8 Å². The Labute approximate surface area is 110 Å². The van der Waals surface area contributed by atoms with Gasteiger partial charge < -0.3 is 5.73 Å². The Morgan fingerprint density at radius 1 is 1.22 bits per heavy atom. The SMILES string of the molecule is CCCN=S(=O)(c1ccc(N)cc1)N(C)CCC. The van der Waals surface area contributed by atoms with E-state index < -0.39 is 9.92 Å². The van der Waals surface area contributed by atoms with Crippen LogP contribution in [0.2, 0.25) is 0 Å². The third-order valence-electron chi connectivity index (χ3n) is 2.64. The maximum Gasteiger partial charge on any atom is 0.139 e. The molecule has 0 heterocycles. The van der Waals surface area contributed by atoms with Gasteiger partial charge in [-0.25, -0.2) is 12.9 Å². The first-order valence-electron chi connectivity index (χ1n) is 6.34. The number of benzene rings is 1. The fourth-order valence-electron chi connectivity index (χ4n) is 1.65. The molecule has 1 atom stereocenters. The highest BCUT2D eigenvalue weighted by Crippen LogP contribution is 2.19. The summed E-state index contributed by atoms with van der Waals surface area (Å²) in [6.45, 7) is 5.47. The van der Waals surface area contributed by atoms with E-state index in [2.05, 4.69) is 11.3 Å². The molecule has 18 heavy (non-hydrogen) atoms. The number of hydrogen-bond acceptors (Lipinski definition) is 3. The van der Waals surface area contributed by atoms with Gasteiger partial charge >= 0.3 is 0 Å². The van der Waals surface area contributed by atoms with E-state index in [1.807, 2.05) is 30.4 Å². The smallest absolute Gasteiger partial charge is 0.139 e. The highest BCUT2D eigenvalue weighted by molar-refractivity contribution is 7.91. The lowest BCUT2D eigenvalue weighted by Crippen LogP contribution is -2.27. The van der Waals surface area contributed by atoms with E-state index in [0.717, 1.165) is 24.3 Å². The Kier molecular flexibility index (Phi) is 5.62. The van der Waals surface area contributed by atoms with Crippen molar-refractivity contribution in [2.24, 2.45) is 4.36 Å². The van der Waals surface area contributed by atoms with Crippen LogP contribution in [0, 0.1) is 0 Å². The second-order valence-electron chi connectivity index (χ2n) is 4.27. The van der Waals surface area contributed by atoms with Crippen molar-refractivity contribution in [1.29, 1.82) is 0 Å². The van der Waals surface area contributed by atoms with Gasteiger partial charge in [0.15, 0.2) is 0 Å². The Morgan fingerprint density at radius 3 is 2.33 bits per heavy atom. The molecule has 0 aliphatic carbocycles. The normalized spacial score (nSPS) is 14.4. The van der Waals surface area contributed by atoms with Gasteiger partial charge in [-0.3, -0.25) is 0 Å². The number of nitrogens with two attached hydrogens (primary N) is 1. The van der Waals surface area contributed by atoms with Crippen molar-refractivity contribution in [3.8, 4) is 0 Å². The minimum atomic E-state index is -2.48. The van der Waals surface area contributed by atoms with Crippen LogP contribution in [0.4, 0.5) is 5.69 Å². The molecule has 1 aromatic rings. The summed E-state index contributed by atoms with van der Waals surface area (Å²) in [5, 5.41) is 0. The van der Waals surface area contributed by atoms with Crippen LogP contribution in [-0.4, -0.2) is 28.7 Å². The predicted molar refractivity (Wildman–Crippen MR) is 77.8 cm³/mol. The van der Waals surface area contributed by atoms with Gasteiger partial charge in [-0.1, -0.05) is 13.8 Å². The van der Waals surface area contributed by atoms with Crippen molar-refractivity contribution in [3.63, 3.8) is 0 Å². The molecule has 2 N–H and O–H groups in total. The maximum atomic E-state index is 13.1. The van der Waals surface area contributed by atoms with E-state index in [0.29, 0.717) is 12.2 Å². The first-order chi connectivity index (χ1) is 8.54. The van der Waals surface area contributed by atoms with Crippen molar-refractivity contribution in [3.05, 3.63) is 24.3 Å². The topological polar surface area (TPSA) is 58.7 Å². The molecule has 5 heteroatoms. The number of nitrogens with zero attached hydrogens (tertiary/aromatic N) is 2. The summed E-state index contributed by atoms with van der Waals surface area (Å²) in [4.78, 5) is 0.737. The molecule has 0 fully saturated rings. The van der Waals surface area contributed by atoms with E-state index in [1.54, 1.807) is 12.1 Å². The van der Waals surface area contributed by atoms with Crippen LogP contribution in [0.25, 0.3) is 0 Å². The molecule has 0 amide bonds. The molecule has 0 bridgehead atoms. The molecule has 1 rings (SSSR count). The van der Waals surface area contributed by atoms with E-state index >= 15 is 0 Å². The molecule has 0 spiro atoms. The number of hydrogen-bond donors (Lipinski definition) is 1. The third-order valence-corrected chi connectivity index (χ3v) is 5.08. The van der Waals surface area contributed by atoms with Crippen molar-refractivity contribution in [1.82, 2.24) is 4.31 Å².